The van der Waals surface area contributed by atoms with Crippen LogP contribution in [-0.4, -0.2) is 68.9 Å². The first-order chi connectivity index (χ1) is 17.5. The van der Waals surface area contributed by atoms with Crippen molar-refractivity contribution in [2.75, 3.05) is 19.7 Å². The molecule has 1 saturated heterocycles. The number of fused-ring (bicyclic) bond motifs is 1. The number of amides is 1. The molecule has 1 aromatic heterocycles. The summed E-state index contributed by atoms with van der Waals surface area (Å²) in [5, 5.41) is 9.91. The average Bonchev–Trinajstić information content (AvgIpc) is 2.81. The topological polar surface area (TPSA) is 105 Å². The van der Waals surface area contributed by atoms with Gasteiger partial charge in [0.05, 0.1) is 30.5 Å². The number of hydrogen-bond donors (Lipinski definition) is 2. The maximum atomic E-state index is 14.8. The van der Waals surface area contributed by atoms with Crippen molar-refractivity contribution in [3.63, 3.8) is 0 Å². The van der Waals surface area contributed by atoms with Crippen LogP contribution in [0.2, 0.25) is 0 Å². The molecule has 1 aromatic carbocycles. The van der Waals surface area contributed by atoms with Gasteiger partial charge >= 0.3 is 6.09 Å². The Morgan fingerprint density at radius 1 is 1.24 bits per heavy atom. The van der Waals surface area contributed by atoms with E-state index in [9.17, 15) is 23.5 Å². The van der Waals surface area contributed by atoms with Crippen LogP contribution in [0, 0.1) is 11.7 Å². The predicted octanol–water partition coefficient (Wildman–Crippen LogP) is 4.57. The van der Waals surface area contributed by atoms with E-state index in [2.05, 4.69) is 9.97 Å². The minimum absolute atomic E-state index is 0.00764. The number of hydrogen-bond acceptors (Lipinski definition) is 7. The molecule has 0 bridgehead atoms. The van der Waals surface area contributed by atoms with Gasteiger partial charge < -0.3 is 24.5 Å². The van der Waals surface area contributed by atoms with E-state index < -0.39 is 35.2 Å². The molecule has 1 aliphatic carbocycles. The van der Waals surface area contributed by atoms with Gasteiger partial charge in [-0.2, -0.15) is 11.8 Å². The Bertz CT molecular complexity index is 1160. The quantitative estimate of drug-likeness (QED) is 0.554. The Morgan fingerprint density at radius 2 is 1.97 bits per heavy atom. The van der Waals surface area contributed by atoms with Crippen LogP contribution in [0.1, 0.15) is 58.7 Å². The fraction of sp³-hybridized carbons (Fsp3) is 0.654. The van der Waals surface area contributed by atoms with E-state index in [0.29, 0.717) is 29.8 Å². The highest BCUT2D eigenvalue weighted by atomic mass is 32.2. The standard InChI is InChI=1S/C26H35F2N3O5S/c1-26(2,3)36-25(34)31-9-8-15(20(28)12-31)13-35-17-10-19(27)23-21(11-17)29-22(30-24(23)33)14-37-18-6-4-16(32)5-7-18/h10-11,15-16,18,20,32H,4-9,12-14H2,1-3H3,(H,29,30,33)/t15-,16-,18-,20+/m0/s1. The van der Waals surface area contributed by atoms with Crippen molar-refractivity contribution in [2.45, 2.75) is 81.8 Å². The van der Waals surface area contributed by atoms with Crippen LogP contribution in [0.15, 0.2) is 16.9 Å². The molecule has 204 valence electrons. The van der Waals surface area contributed by atoms with Gasteiger partial charge in [0.2, 0.25) is 0 Å². The minimum Gasteiger partial charge on any atom is -0.493 e. The van der Waals surface area contributed by atoms with Crippen LogP contribution in [-0.2, 0) is 10.5 Å². The maximum Gasteiger partial charge on any atom is 0.410 e. The van der Waals surface area contributed by atoms with E-state index in [-0.39, 0.29) is 35.9 Å². The number of nitrogens with zero attached hydrogens (tertiary/aromatic N) is 2. The van der Waals surface area contributed by atoms with E-state index in [1.165, 1.54) is 11.0 Å². The number of carbonyl (C=O) groups excluding carboxylic acids is 1. The number of H-pyrrole nitrogens is 1. The highest BCUT2D eigenvalue weighted by Crippen LogP contribution is 2.31. The van der Waals surface area contributed by atoms with Gasteiger partial charge in [0.1, 0.15) is 34.6 Å². The summed E-state index contributed by atoms with van der Waals surface area (Å²) in [6.45, 7) is 5.53. The van der Waals surface area contributed by atoms with Crippen molar-refractivity contribution in [2.24, 2.45) is 5.92 Å². The zero-order valence-electron chi connectivity index (χ0n) is 21.5. The lowest BCUT2D eigenvalue weighted by atomic mass is 9.96. The van der Waals surface area contributed by atoms with Gasteiger partial charge in [-0.1, -0.05) is 0 Å². The molecular formula is C26H35F2N3O5S. The molecular weight excluding hydrogens is 504 g/mol. The number of likely N-dealkylation sites (tertiary alicyclic amines) is 1. The highest BCUT2D eigenvalue weighted by molar-refractivity contribution is 7.99. The van der Waals surface area contributed by atoms with Crippen molar-refractivity contribution >= 4 is 28.8 Å². The second-order valence-electron chi connectivity index (χ2n) is 10.9. The van der Waals surface area contributed by atoms with Gasteiger partial charge in [0.15, 0.2) is 0 Å². The molecule has 1 aliphatic heterocycles. The number of carbonyl (C=O) groups is 1. The number of aliphatic hydroxyl groups is 1. The smallest absolute Gasteiger partial charge is 0.410 e. The molecule has 2 aliphatic rings. The minimum atomic E-state index is -1.31. The number of alkyl halides is 1. The second kappa shape index (κ2) is 11.6. The third-order valence-electron chi connectivity index (χ3n) is 6.67. The zero-order valence-corrected chi connectivity index (χ0v) is 22.3. The monoisotopic (exact) mass is 539 g/mol. The van der Waals surface area contributed by atoms with Crippen molar-refractivity contribution in [3.05, 3.63) is 34.1 Å². The summed E-state index contributed by atoms with van der Waals surface area (Å²) < 4.78 is 40.6. The lowest BCUT2D eigenvalue weighted by molar-refractivity contribution is 0.000394. The van der Waals surface area contributed by atoms with Crippen LogP contribution in [0.5, 0.6) is 5.75 Å². The number of halogens is 2. The van der Waals surface area contributed by atoms with E-state index >= 15 is 0 Å². The summed E-state index contributed by atoms with van der Waals surface area (Å²) in [5.41, 5.74) is -1.02. The summed E-state index contributed by atoms with van der Waals surface area (Å²) in [5.74, 6) is -0.129. The van der Waals surface area contributed by atoms with Gasteiger partial charge in [-0.15, -0.1) is 0 Å². The summed E-state index contributed by atoms with van der Waals surface area (Å²) in [6.07, 6.45) is 1.64. The van der Waals surface area contributed by atoms with Crippen molar-refractivity contribution < 1.29 is 28.2 Å². The molecule has 1 saturated carbocycles. The molecule has 2 heterocycles. The third-order valence-corrected chi connectivity index (χ3v) is 8.06. The summed E-state index contributed by atoms with van der Waals surface area (Å²) in [6, 6.07) is 2.62. The molecule has 2 fully saturated rings. The number of aromatic amines is 1. The number of ether oxygens (including phenoxy) is 2. The van der Waals surface area contributed by atoms with Crippen LogP contribution < -0.4 is 10.3 Å². The predicted molar refractivity (Wildman–Crippen MR) is 138 cm³/mol. The molecule has 2 aromatic rings. The fourth-order valence-corrected chi connectivity index (χ4v) is 5.78. The Morgan fingerprint density at radius 3 is 2.65 bits per heavy atom. The van der Waals surface area contributed by atoms with E-state index in [1.54, 1.807) is 32.5 Å². The average molecular weight is 540 g/mol. The van der Waals surface area contributed by atoms with E-state index in [4.69, 9.17) is 9.47 Å². The van der Waals surface area contributed by atoms with Crippen LogP contribution in [0.3, 0.4) is 0 Å². The van der Waals surface area contributed by atoms with Crippen LogP contribution >= 0.6 is 11.8 Å². The number of rotatable bonds is 6. The molecule has 2 atom stereocenters. The second-order valence-corrected chi connectivity index (χ2v) is 12.1. The molecule has 0 unspecified atom stereocenters. The van der Waals surface area contributed by atoms with Gasteiger partial charge in [-0.05, 0) is 52.9 Å². The summed E-state index contributed by atoms with van der Waals surface area (Å²) >= 11 is 1.67. The normalized spacial score (nSPS) is 24.8. The third kappa shape index (κ3) is 7.34. The Balaban J connectivity index is 1.37. The molecule has 37 heavy (non-hydrogen) atoms. The number of aromatic nitrogens is 2. The number of thioether (sulfide) groups is 1. The number of nitrogens with one attached hydrogen (secondary N) is 1. The zero-order chi connectivity index (χ0) is 26.7. The Labute approximate surface area is 219 Å². The largest absolute Gasteiger partial charge is 0.493 e. The van der Waals surface area contributed by atoms with Gasteiger partial charge in [-0.25, -0.2) is 18.6 Å². The first kappa shape index (κ1) is 27.6. The van der Waals surface area contributed by atoms with Gasteiger partial charge in [0.25, 0.3) is 5.56 Å². The molecule has 1 amide bonds. The van der Waals surface area contributed by atoms with Gasteiger partial charge in [-0.3, -0.25) is 4.79 Å². The van der Waals surface area contributed by atoms with E-state index in [1.807, 2.05) is 0 Å². The Kier molecular flexibility index (Phi) is 8.63. The first-order valence-corrected chi connectivity index (χ1v) is 13.8. The van der Waals surface area contributed by atoms with Crippen LogP contribution in [0.4, 0.5) is 13.6 Å². The number of piperidine rings is 1. The highest BCUT2D eigenvalue weighted by Gasteiger charge is 2.34. The van der Waals surface area contributed by atoms with E-state index in [0.717, 1.165) is 31.7 Å². The number of aliphatic hydroxyl groups excluding tert-OH is 1. The lowest BCUT2D eigenvalue weighted by Crippen LogP contribution is -2.48. The van der Waals surface area contributed by atoms with Crippen molar-refractivity contribution in [1.82, 2.24) is 14.9 Å². The molecule has 11 heteroatoms. The SMILES string of the molecule is CC(C)(C)OC(=O)N1CC[C@@H](COc2cc(F)c3c(=O)[nH]c(CS[C@H]4CC[C@H](O)CC4)nc3c2)[C@H](F)C1. The van der Waals surface area contributed by atoms with Gasteiger partial charge in [0, 0.05) is 29.8 Å². The fourth-order valence-electron chi connectivity index (χ4n) is 4.64. The lowest BCUT2D eigenvalue weighted by Gasteiger charge is -2.35. The maximum absolute atomic E-state index is 14.8. The Hall–Kier alpha value is -2.40. The summed E-state index contributed by atoms with van der Waals surface area (Å²) in [4.78, 5) is 33.2. The van der Waals surface area contributed by atoms with Crippen molar-refractivity contribution in [3.8, 4) is 5.75 Å². The molecule has 0 spiro atoms. The van der Waals surface area contributed by atoms with Crippen LogP contribution in [0.25, 0.3) is 10.9 Å². The molecule has 0 radical (unpaired) electrons. The number of benzene rings is 1. The molecule has 4 rings (SSSR count). The molecule has 8 nitrogen and oxygen atoms in total. The molecule has 2 N–H and O–H groups in total. The van der Waals surface area contributed by atoms with Crippen molar-refractivity contribution in [1.29, 1.82) is 0 Å². The summed E-state index contributed by atoms with van der Waals surface area (Å²) in [7, 11) is 0. The first-order valence-electron chi connectivity index (χ1n) is 12.8.